The fraction of sp³-hybridized carbons (Fsp3) is 0.174. The summed E-state index contributed by atoms with van der Waals surface area (Å²) < 4.78 is 5.13. The zero-order valence-electron chi connectivity index (χ0n) is 16.4. The Hall–Kier alpha value is -3.67. The molecule has 2 amide bonds. The first-order valence-electron chi connectivity index (χ1n) is 9.30. The monoisotopic (exact) mass is 389 g/mol. The molecular weight excluding hydrogens is 366 g/mol. The molecule has 6 heteroatoms. The van der Waals surface area contributed by atoms with Crippen molar-refractivity contribution in [3.8, 4) is 5.75 Å². The van der Waals surface area contributed by atoms with E-state index in [4.69, 9.17) is 4.74 Å². The lowest BCUT2D eigenvalue weighted by atomic mass is 10.1. The summed E-state index contributed by atoms with van der Waals surface area (Å²) in [6, 6.07) is 16.7. The molecule has 0 aliphatic rings. The first-order valence-corrected chi connectivity index (χ1v) is 9.30. The van der Waals surface area contributed by atoms with Crippen LogP contribution in [-0.4, -0.2) is 30.5 Å². The Labute approximate surface area is 169 Å². The van der Waals surface area contributed by atoms with Gasteiger partial charge in [-0.15, -0.1) is 0 Å². The Morgan fingerprint density at radius 2 is 1.66 bits per heavy atom. The van der Waals surface area contributed by atoms with Crippen LogP contribution in [0, 0.1) is 6.92 Å². The first-order chi connectivity index (χ1) is 14.1. The predicted octanol–water partition coefficient (Wildman–Crippen LogP) is 3.62. The van der Waals surface area contributed by atoms with Gasteiger partial charge >= 0.3 is 0 Å². The van der Waals surface area contributed by atoms with Crippen molar-refractivity contribution in [2.24, 2.45) is 0 Å². The van der Waals surface area contributed by atoms with Crippen LogP contribution in [0.3, 0.4) is 0 Å². The molecule has 148 valence electrons. The minimum absolute atomic E-state index is 0.267. The molecule has 0 saturated carbocycles. The number of para-hydroxylation sites is 1. The molecule has 0 aliphatic carbocycles. The number of carbonyl (C=O) groups excluding carboxylic acids is 2. The standard InChI is InChI=1S/C23H23N3O3/c1-16-5-3-4-6-21(16)26-23(28)19-13-18(14-24-15-19)22(27)25-12-11-17-7-9-20(29-2)10-8-17/h3-10,13-15H,11-12H2,1-2H3,(H,25,27)(H,26,28). The van der Waals surface area contributed by atoms with Crippen molar-refractivity contribution < 1.29 is 14.3 Å². The zero-order valence-corrected chi connectivity index (χ0v) is 16.4. The number of rotatable bonds is 7. The number of hydrogen-bond acceptors (Lipinski definition) is 4. The summed E-state index contributed by atoms with van der Waals surface area (Å²) in [5, 5.41) is 5.70. The lowest BCUT2D eigenvalue weighted by Crippen LogP contribution is -2.26. The molecule has 6 nitrogen and oxygen atoms in total. The lowest BCUT2D eigenvalue weighted by molar-refractivity contribution is 0.0953. The van der Waals surface area contributed by atoms with Crippen molar-refractivity contribution in [3.63, 3.8) is 0 Å². The quantitative estimate of drug-likeness (QED) is 0.647. The Morgan fingerprint density at radius 3 is 2.34 bits per heavy atom. The van der Waals surface area contributed by atoms with E-state index in [0.717, 1.165) is 22.6 Å². The van der Waals surface area contributed by atoms with Gasteiger partial charge < -0.3 is 15.4 Å². The molecule has 0 saturated heterocycles. The van der Waals surface area contributed by atoms with Crippen LogP contribution in [-0.2, 0) is 6.42 Å². The van der Waals surface area contributed by atoms with E-state index in [1.807, 2.05) is 55.5 Å². The van der Waals surface area contributed by atoms with Gasteiger partial charge in [-0.1, -0.05) is 30.3 Å². The van der Waals surface area contributed by atoms with Crippen LogP contribution in [0.4, 0.5) is 5.69 Å². The van der Waals surface area contributed by atoms with Gasteiger partial charge in [0.1, 0.15) is 5.75 Å². The maximum absolute atomic E-state index is 12.5. The highest BCUT2D eigenvalue weighted by Gasteiger charge is 2.12. The van der Waals surface area contributed by atoms with E-state index in [0.29, 0.717) is 24.1 Å². The molecule has 2 N–H and O–H groups in total. The Kier molecular flexibility index (Phi) is 6.58. The SMILES string of the molecule is COc1ccc(CCNC(=O)c2cncc(C(=O)Nc3ccccc3C)c2)cc1. The van der Waals surface area contributed by atoms with E-state index >= 15 is 0 Å². The molecular formula is C23H23N3O3. The number of pyridine rings is 1. The Morgan fingerprint density at radius 1 is 0.966 bits per heavy atom. The van der Waals surface area contributed by atoms with Crippen LogP contribution in [0.15, 0.2) is 67.0 Å². The number of nitrogens with zero attached hydrogens (tertiary/aromatic N) is 1. The van der Waals surface area contributed by atoms with E-state index in [1.54, 1.807) is 13.2 Å². The molecule has 3 rings (SSSR count). The van der Waals surface area contributed by atoms with Gasteiger partial charge in [0, 0.05) is 24.6 Å². The molecule has 0 aliphatic heterocycles. The van der Waals surface area contributed by atoms with Gasteiger partial charge in [-0.2, -0.15) is 0 Å². The second-order valence-electron chi connectivity index (χ2n) is 6.59. The number of aromatic nitrogens is 1. The molecule has 0 radical (unpaired) electrons. The van der Waals surface area contributed by atoms with Crippen LogP contribution in [0.1, 0.15) is 31.8 Å². The van der Waals surface area contributed by atoms with Crippen LogP contribution in [0.25, 0.3) is 0 Å². The average molecular weight is 389 g/mol. The molecule has 3 aromatic rings. The molecule has 2 aromatic carbocycles. The Balaban J connectivity index is 1.58. The van der Waals surface area contributed by atoms with Crippen molar-refractivity contribution in [1.82, 2.24) is 10.3 Å². The molecule has 0 spiro atoms. The molecule has 0 bridgehead atoms. The minimum Gasteiger partial charge on any atom is -0.497 e. The second kappa shape index (κ2) is 9.50. The maximum atomic E-state index is 12.5. The fourth-order valence-corrected chi connectivity index (χ4v) is 2.81. The molecule has 29 heavy (non-hydrogen) atoms. The van der Waals surface area contributed by atoms with Gasteiger partial charge in [0.05, 0.1) is 18.2 Å². The van der Waals surface area contributed by atoms with E-state index in [-0.39, 0.29) is 11.8 Å². The van der Waals surface area contributed by atoms with Gasteiger partial charge in [-0.25, -0.2) is 0 Å². The van der Waals surface area contributed by atoms with E-state index in [1.165, 1.54) is 12.4 Å². The van der Waals surface area contributed by atoms with Crippen molar-refractivity contribution in [3.05, 3.63) is 89.2 Å². The topological polar surface area (TPSA) is 80.3 Å². The second-order valence-corrected chi connectivity index (χ2v) is 6.59. The van der Waals surface area contributed by atoms with E-state index in [2.05, 4.69) is 15.6 Å². The van der Waals surface area contributed by atoms with Crippen LogP contribution in [0.2, 0.25) is 0 Å². The van der Waals surface area contributed by atoms with Crippen molar-refractivity contribution in [2.75, 3.05) is 19.0 Å². The van der Waals surface area contributed by atoms with Gasteiger partial charge in [-0.05, 0) is 48.7 Å². The highest BCUT2D eigenvalue weighted by atomic mass is 16.5. The van der Waals surface area contributed by atoms with Crippen molar-refractivity contribution >= 4 is 17.5 Å². The summed E-state index contributed by atoms with van der Waals surface area (Å²) in [6.45, 7) is 2.39. The number of aryl methyl sites for hydroxylation is 1. The third kappa shape index (κ3) is 5.42. The summed E-state index contributed by atoms with van der Waals surface area (Å²) in [4.78, 5) is 29.0. The maximum Gasteiger partial charge on any atom is 0.257 e. The predicted molar refractivity (Wildman–Crippen MR) is 112 cm³/mol. The normalized spacial score (nSPS) is 10.3. The number of nitrogens with one attached hydrogen (secondary N) is 2. The van der Waals surface area contributed by atoms with Gasteiger partial charge in [0.15, 0.2) is 0 Å². The smallest absolute Gasteiger partial charge is 0.257 e. The molecule has 0 fully saturated rings. The van der Waals surface area contributed by atoms with E-state index in [9.17, 15) is 9.59 Å². The number of amides is 2. The number of carbonyl (C=O) groups is 2. The number of benzene rings is 2. The number of methoxy groups -OCH3 is 1. The third-order valence-electron chi connectivity index (χ3n) is 4.51. The van der Waals surface area contributed by atoms with Crippen molar-refractivity contribution in [1.29, 1.82) is 0 Å². The van der Waals surface area contributed by atoms with E-state index < -0.39 is 0 Å². The van der Waals surface area contributed by atoms with Gasteiger partial charge in [-0.3, -0.25) is 14.6 Å². The molecule has 0 atom stereocenters. The highest BCUT2D eigenvalue weighted by molar-refractivity contribution is 6.06. The van der Waals surface area contributed by atoms with Gasteiger partial charge in [0.25, 0.3) is 11.8 Å². The summed E-state index contributed by atoms with van der Waals surface area (Å²) in [5.74, 6) is 0.223. The zero-order chi connectivity index (χ0) is 20.6. The average Bonchev–Trinajstić information content (AvgIpc) is 2.76. The summed E-state index contributed by atoms with van der Waals surface area (Å²) in [5.41, 5.74) is 3.46. The summed E-state index contributed by atoms with van der Waals surface area (Å²) >= 11 is 0. The third-order valence-corrected chi connectivity index (χ3v) is 4.51. The largest absolute Gasteiger partial charge is 0.497 e. The number of hydrogen-bond donors (Lipinski definition) is 2. The summed E-state index contributed by atoms with van der Waals surface area (Å²) in [7, 11) is 1.62. The number of ether oxygens (including phenoxy) is 1. The van der Waals surface area contributed by atoms with Crippen LogP contribution < -0.4 is 15.4 Å². The van der Waals surface area contributed by atoms with Gasteiger partial charge in [0.2, 0.25) is 0 Å². The summed E-state index contributed by atoms with van der Waals surface area (Å²) in [6.07, 6.45) is 3.59. The van der Waals surface area contributed by atoms with Crippen molar-refractivity contribution in [2.45, 2.75) is 13.3 Å². The number of anilines is 1. The highest BCUT2D eigenvalue weighted by Crippen LogP contribution is 2.15. The lowest BCUT2D eigenvalue weighted by Gasteiger charge is -2.09. The first kappa shape index (κ1) is 20.1. The molecule has 1 aromatic heterocycles. The Bertz CT molecular complexity index is 1000. The molecule has 0 unspecified atom stereocenters. The molecule has 1 heterocycles. The fourth-order valence-electron chi connectivity index (χ4n) is 2.81. The minimum atomic E-state index is -0.306. The van der Waals surface area contributed by atoms with Crippen LogP contribution in [0.5, 0.6) is 5.75 Å². The van der Waals surface area contributed by atoms with Crippen LogP contribution >= 0.6 is 0 Å².